The summed E-state index contributed by atoms with van der Waals surface area (Å²) in [4.78, 5) is 58.1. The molecule has 1 aromatic carbocycles. The Bertz CT molecular complexity index is 947. The Morgan fingerprint density at radius 3 is 1.95 bits per heavy atom. The molecule has 0 spiro atoms. The van der Waals surface area contributed by atoms with Gasteiger partial charge in [0.1, 0.15) is 6.61 Å². The molecule has 1 rings (SSSR count). The molecule has 0 atom stereocenters. The molecule has 0 aliphatic heterocycles. The lowest BCUT2D eigenvalue weighted by molar-refractivity contribution is -0.140. The Labute approximate surface area is 215 Å². The van der Waals surface area contributed by atoms with Gasteiger partial charge >= 0.3 is 31.7 Å². The first-order valence-electron chi connectivity index (χ1n) is 10.7. The van der Waals surface area contributed by atoms with Gasteiger partial charge in [0, 0.05) is 18.1 Å². The fraction of sp³-hybridized carbons (Fsp3) is 0.333. The zero-order chi connectivity index (χ0) is 28.9. The average molecular weight is 544 g/mol. The van der Waals surface area contributed by atoms with Gasteiger partial charge < -0.3 is 29.5 Å². The van der Waals surface area contributed by atoms with Crippen molar-refractivity contribution in [3.63, 3.8) is 0 Å². The minimum Gasteiger partial charge on any atom is -0.481 e. The van der Waals surface area contributed by atoms with E-state index < -0.39 is 31.7 Å². The number of phosphoric ester groups is 1. The van der Waals surface area contributed by atoms with Gasteiger partial charge in [0.05, 0.1) is 18.8 Å². The first-order chi connectivity index (χ1) is 17.2. The first kappa shape index (κ1) is 35.6. The quantitative estimate of drug-likeness (QED) is 0.115. The number of phosphoric acid groups is 1. The number of aliphatic carboxylic acids is 1. The number of aromatic carboxylic acids is 1. The van der Waals surface area contributed by atoms with Crippen LogP contribution < -0.4 is 0 Å². The number of benzene rings is 1. The minimum atomic E-state index is -4.46. The minimum absolute atomic E-state index is 0.176. The maximum atomic E-state index is 10.7. The summed E-state index contributed by atoms with van der Waals surface area (Å²) in [6.45, 7) is 11.4. The Kier molecular flexibility index (Phi) is 19.8. The lowest BCUT2D eigenvalue weighted by atomic mass is 10.1. The predicted molar refractivity (Wildman–Crippen MR) is 135 cm³/mol. The van der Waals surface area contributed by atoms with Crippen molar-refractivity contribution in [3.8, 4) is 0 Å². The third-order valence-electron chi connectivity index (χ3n) is 3.76. The molecule has 0 radical (unpaired) electrons. The van der Waals surface area contributed by atoms with Crippen LogP contribution in [0.2, 0.25) is 0 Å². The van der Waals surface area contributed by atoms with Crippen molar-refractivity contribution in [3.05, 3.63) is 66.8 Å². The Hall–Kier alpha value is -3.57. The second kappa shape index (κ2) is 20.6. The van der Waals surface area contributed by atoms with E-state index in [1.807, 2.05) is 0 Å². The van der Waals surface area contributed by atoms with Crippen molar-refractivity contribution in [1.29, 1.82) is 0 Å². The number of unbranched alkanes of at least 4 members (excludes halogenated alkanes) is 2. The molecule has 4 N–H and O–H groups in total. The summed E-state index contributed by atoms with van der Waals surface area (Å²) in [6, 6.07) is 6.55. The zero-order valence-electron chi connectivity index (χ0n) is 20.5. The standard InChI is InChI=1S/C9H14O4.C9H8O2.C6H11O6P/c1-2-9(12)13-7-5-3-4-6-8(10)11;1-2-7-3-5-8(6-4-7)9(10)11;1-5(2)6(7)11-3-4-12-13(8,9)10/h2H,1,3-7H2,(H,10,11);2-6H,1H2,(H,10,11);1,3-4H2,2H3,(H2,8,9,10). The lowest BCUT2D eigenvalue weighted by Gasteiger charge is -2.05. The van der Waals surface area contributed by atoms with Gasteiger partial charge in [-0.2, -0.15) is 0 Å². The topological polar surface area (TPSA) is 194 Å². The van der Waals surface area contributed by atoms with Crippen molar-refractivity contribution < 1.29 is 57.7 Å². The van der Waals surface area contributed by atoms with Gasteiger partial charge in [0.15, 0.2) is 0 Å². The molecule has 13 heteroatoms. The number of carboxylic acids is 2. The monoisotopic (exact) mass is 544 g/mol. The molecule has 0 fully saturated rings. The second-order valence-corrected chi connectivity index (χ2v) is 8.19. The fourth-order valence-electron chi connectivity index (χ4n) is 1.96. The van der Waals surface area contributed by atoms with E-state index >= 15 is 0 Å². The molecule has 0 aliphatic carbocycles. The number of hydrogen-bond donors (Lipinski definition) is 4. The van der Waals surface area contributed by atoms with Gasteiger partial charge in [-0.25, -0.2) is 18.9 Å². The van der Waals surface area contributed by atoms with Gasteiger partial charge in [-0.3, -0.25) is 9.32 Å². The van der Waals surface area contributed by atoms with E-state index in [0.717, 1.165) is 18.1 Å². The summed E-state index contributed by atoms with van der Waals surface area (Å²) < 4.78 is 23.3. The second-order valence-electron chi connectivity index (χ2n) is 6.95. The molecule has 0 saturated carbocycles. The van der Waals surface area contributed by atoms with Crippen LogP contribution in [-0.2, 0) is 32.9 Å². The molecule has 0 bridgehead atoms. The highest BCUT2D eigenvalue weighted by molar-refractivity contribution is 7.46. The number of carbonyl (C=O) groups excluding carboxylic acids is 2. The molecule has 0 heterocycles. The number of hydrogen-bond acceptors (Lipinski definition) is 8. The summed E-state index contributed by atoms with van der Waals surface area (Å²) in [6.07, 6.45) is 5.04. The SMILES string of the molecule is C=C(C)C(=O)OCCOP(=O)(O)O.C=CC(=O)OCCCCCC(=O)O.C=Cc1ccc(C(=O)O)cc1. The predicted octanol–water partition coefficient (Wildman–Crippen LogP) is 3.60. The summed E-state index contributed by atoms with van der Waals surface area (Å²) in [7, 11) is -4.46. The smallest absolute Gasteiger partial charge is 0.469 e. The normalized spacial score (nSPS) is 9.81. The van der Waals surface area contributed by atoms with E-state index in [2.05, 4.69) is 29.0 Å². The molecule has 0 aromatic heterocycles. The number of rotatable bonds is 14. The van der Waals surface area contributed by atoms with E-state index in [4.69, 9.17) is 24.7 Å². The van der Waals surface area contributed by atoms with Gasteiger partial charge in [0.2, 0.25) is 0 Å². The van der Waals surface area contributed by atoms with Crippen LogP contribution in [0.15, 0.2) is 55.7 Å². The number of carboxylic acid groups (broad SMARTS) is 2. The molecule has 12 nitrogen and oxygen atoms in total. The van der Waals surface area contributed by atoms with Crippen molar-refractivity contribution in [2.24, 2.45) is 0 Å². The highest BCUT2D eigenvalue weighted by atomic mass is 31.2. The van der Waals surface area contributed by atoms with Crippen molar-refractivity contribution in [1.82, 2.24) is 0 Å². The largest absolute Gasteiger partial charge is 0.481 e. The van der Waals surface area contributed by atoms with Crippen LogP contribution in [0.5, 0.6) is 0 Å². The molecular weight excluding hydrogens is 511 g/mol. The van der Waals surface area contributed by atoms with E-state index in [9.17, 15) is 23.7 Å². The Morgan fingerprint density at radius 1 is 0.919 bits per heavy atom. The van der Waals surface area contributed by atoms with Crippen LogP contribution in [0.4, 0.5) is 0 Å². The van der Waals surface area contributed by atoms with Gasteiger partial charge in [-0.15, -0.1) is 0 Å². The number of esters is 2. The third kappa shape index (κ3) is 23.9. The highest BCUT2D eigenvalue weighted by Crippen LogP contribution is 2.35. The van der Waals surface area contributed by atoms with Crippen LogP contribution >= 0.6 is 7.82 Å². The van der Waals surface area contributed by atoms with E-state index in [-0.39, 0.29) is 25.2 Å². The summed E-state index contributed by atoms with van der Waals surface area (Å²) in [5, 5.41) is 16.8. The first-order valence-corrected chi connectivity index (χ1v) is 12.3. The summed E-state index contributed by atoms with van der Waals surface area (Å²) in [5.74, 6) is -2.74. The molecular formula is C24H33O12P. The lowest BCUT2D eigenvalue weighted by Crippen LogP contribution is -2.10. The van der Waals surface area contributed by atoms with E-state index in [1.165, 1.54) is 6.92 Å². The van der Waals surface area contributed by atoms with Crippen LogP contribution in [-0.4, -0.2) is 63.7 Å². The third-order valence-corrected chi connectivity index (χ3v) is 4.28. The average Bonchev–Trinajstić information content (AvgIpc) is 2.83. The maximum Gasteiger partial charge on any atom is 0.469 e. The molecule has 0 unspecified atom stereocenters. The van der Waals surface area contributed by atoms with Crippen LogP contribution in [0.1, 0.15) is 48.5 Å². The zero-order valence-corrected chi connectivity index (χ0v) is 21.4. The Morgan fingerprint density at radius 2 is 1.51 bits per heavy atom. The van der Waals surface area contributed by atoms with Crippen molar-refractivity contribution in [2.75, 3.05) is 19.8 Å². The molecule has 0 amide bonds. The molecule has 1 aromatic rings. The van der Waals surface area contributed by atoms with Crippen LogP contribution in [0.3, 0.4) is 0 Å². The summed E-state index contributed by atoms with van der Waals surface area (Å²) >= 11 is 0. The molecule has 0 saturated heterocycles. The maximum absolute atomic E-state index is 10.7. The Balaban J connectivity index is 0. The fourth-order valence-corrected chi connectivity index (χ4v) is 2.27. The molecule has 37 heavy (non-hydrogen) atoms. The van der Waals surface area contributed by atoms with Crippen LogP contribution in [0.25, 0.3) is 6.08 Å². The van der Waals surface area contributed by atoms with Crippen molar-refractivity contribution >= 4 is 37.8 Å². The van der Waals surface area contributed by atoms with Crippen molar-refractivity contribution in [2.45, 2.75) is 32.6 Å². The van der Waals surface area contributed by atoms with E-state index in [0.29, 0.717) is 25.0 Å². The van der Waals surface area contributed by atoms with E-state index in [1.54, 1.807) is 30.3 Å². The molecule has 0 aliphatic rings. The number of ether oxygens (including phenoxy) is 2. The van der Waals surface area contributed by atoms with Crippen LogP contribution in [0, 0.1) is 0 Å². The molecule has 206 valence electrons. The van der Waals surface area contributed by atoms with Gasteiger partial charge in [-0.05, 0) is 43.9 Å². The van der Waals surface area contributed by atoms with Gasteiger partial charge in [0.25, 0.3) is 0 Å². The number of carbonyl (C=O) groups is 4. The van der Waals surface area contributed by atoms with Gasteiger partial charge in [-0.1, -0.05) is 37.9 Å². The highest BCUT2D eigenvalue weighted by Gasteiger charge is 2.13. The summed E-state index contributed by atoms with van der Waals surface area (Å²) in [5.41, 5.74) is 1.45.